The molecule has 5 nitrogen and oxygen atoms in total. The van der Waals surface area contributed by atoms with Gasteiger partial charge < -0.3 is 10.5 Å². The van der Waals surface area contributed by atoms with Crippen molar-refractivity contribution in [1.82, 2.24) is 4.72 Å². The Morgan fingerprint density at radius 1 is 1.43 bits per heavy atom. The molecule has 0 aromatic heterocycles. The first kappa shape index (κ1) is 17.9. The average molecular weight is 338 g/mol. The van der Waals surface area contributed by atoms with Crippen LogP contribution in [0.25, 0.3) is 0 Å². The smallest absolute Gasteiger partial charge is 0.261 e. The Hall–Kier alpha value is -1.16. The van der Waals surface area contributed by atoms with E-state index in [4.69, 9.17) is 18.0 Å². The van der Waals surface area contributed by atoms with Gasteiger partial charge in [0.25, 0.3) is 6.43 Å². The zero-order chi connectivity index (χ0) is 15.9. The van der Waals surface area contributed by atoms with E-state index in [0.29, 0.717) is 11.1 Å². The molecule has 0 saturated carbocycles. The molecule has 21 heavy (non-hydrogen) atoms. The monoisotopic (exact) mass is 338 g/mol. The van der Waals surface area contributed by atoms with Gasteiger partial charge in [-0.2, -0.15) is 0 Å². The number of sulfonamides is 1. The van der Waals surface area contributed by atoms with Gasteiger partial charge in [0.15, 0.2) is 0 Å². The van der Waals surface area contributed by atoms with Gasteiger partial charge in [0.2, 0.25) is 10.0 Å². The van der Waals surface area contributed by atoms with E-state index in [1.807, 2.05) is 0 Å². The van der Waals surface area contributed by atoms with Crippen LogP contribution in [-0.2, 0) is 20.5 Å². The van der Waals surface area contributed by atoms with Crippen LogP contribution < -0.4 is 10.5 Å². The highest BCUT2D eigenvalue weighted by Crippen LogP contribution is 2.08. The molecule has 0 saturated heterocycles. The minimum Gasteiger partial charge on any atom is -0.389 e. The lowest BCUT2D eigenvalue weighted by Gasteiger charge is -2.08. The van der Waals surface area contributed by atoms with Crippen LogP contribution in [0.5, 0.6) is 0 Å². The lowest BCUT2D eigenvalue weighted by molar-refractivity contribution is 0.0199. The largest absolute Gasteiger partial charge is 0.389 e. The normalized spacial score (nSPS) is 11.8. The van der Waals surface area contributed by atoms with Crippen LogP contribution in [0.3, 0.4) is 0 Å². The molecule has 0 amide bonds. The average Bonchev–Trinajstić information content (AvgIpc) is 2.37. The number of rotatable bonds is 9. The van der Waals surface area contributed by atoms with Crippen molar-refractivity contribution in [2.75, 3.05) is 19.8 Å². The van der Waals surface area contributed by atoms with E-state index in [1.165, 1.54) is 0 Å². The fourth-order valence-corrected chi connectivity index (χ4v) is 2.77. The molecular formula is C12H16F2N2O3S2. The molecule has 0 bridgehead atoms. The van der Waals surface area contributed by atoms with Crippen LogP contribution in [0.2, 0.25) is 0 Å². The standard InChI is InChI=1S/C12H16F2N2O3S2/c13-11(14)7-19-5-4-16-21(17,18)8-9-2-1-3-10(6-9)12(15)20/h1-3,6,11,16H,4-5,7-8H2,(H2,15,20). The number of hydrogen-bond acceptors (Lipinski definition) is 4. The van der Waals surface area contributed by atoms with Crippen molar-refractivity contribution in [3.05, 3.63) is 35.4 Å². The fourth-order valence-electron chi connectivity index (χ4n) is 1.53. The van der Waals surface area contributed by atoms with Crippen LogP contribution in [0, 0.1) is 0 Å². The predicted octanol–water partition coefficient (Wildman–Crippen LogP) is 1.02. The van der Waals surface area contributed by atoms with Gasteiger partial charge in [-0.1, -0.05) is 30.4 Å². The Labute approximate surface area is 127 Å². The second-order valence-corrected chi connectivity index (χ2v) is 6.43. The van der Waals surface area contributed by atoms with E-state index < -0.39 is 23.1 Å². The molecule has 0 atom stereocenters. The summed E-state index contributed by atoms with van der Waals surface area (Å²) in [5.41, 5.74) is 6.58. The Morgan fingerprint density at radius 2 is 2.14 bits per heavy atom. The first-order chi connectivity index (χ1) is 9.80. The summed E-state index contributed by atoms with van der Waals surface area (Å²) in [7, 11) is -3.58. The van der Waals surface area contributed by atoms with E-state index >= 15 is 0 Å². The Balaban J connectivity index is 2.49. The quantitative estimate of drug-likeness (QED) is 0.519. The van der Waals surface area contributed by atoms with E-state index in [2.05, 4.69) is 9.46 Å². The van der Waals surface area contributed by atoms with Gasteiger partial charge in [-0.15, -0.1) is 0 Å². The number of alkyl halides is 2. The molecule has 0 aliphatic rings. The summed E-state index contributed by atoms with van der Waals surface area (Å²) in [5, 5.41) is 0. The zero-order valence-corrected chi connectivity index (χ0v) is 12.7. The highest BCUT2D eigenvalue weighted by molar-refractivity contribution is 7.88. The predicted molar refractivity (Wildman–Crippen MR) is 79.8 cm³/mol. The summed E-state index contributed by atoms with van der Waals surface area (Å²) in [6.45, 7) is -0.891. The van der Waals surface area contributed by atoms with Gasteiger partial charge in [-0.05, 0) is 11.6 Å². The van der Waals surface area contributed by atoms with Crippen molar-refractivity contribution in [3.8, 4) is 0 Å². The molecule has 1 rings (SSSR count). The second kappa shape index (κ2) is 8.32. The SMILES string of the molecule is NC(=S)c1cccc(CS(=O)(=O)NCCOCC(F)F)c1. The molecule has 1 aromatic carbocycles. The third kappa shape index (κ3) is 7.42. The molecule has 3 N–H and O–H groups in total. The maximum Gasteiger partial charge on any atom is 0.261 e. The summed E-state index contributed by atoms with van der Waals surface area (Å²) < 4.78 is 54.1. The van der Waals surface area contributed by atoms with Crippen molar-refractivity contribution >= 4 is 27.2 Å². The molecule has 118 valence electrons. The van der Waals surface area contributed by atoms with Crippen molar-refractivity contribution in [2.24, 2.45) is 5.73 Å². The Bertz CT molecular complexity index is 580. The van der Waals surface area contributed by atoms with E-state index in [9.17, 15) is 17.2 Å². The third-order valence-corrected chi connectivity index (χ3v) is 3.97. The van der Waals surface area contributed by atoms with Crippen molar-refractivity contribution in [1.29, 1.82) is 0 Å². The molecular weight excluding hydrogens is 322 g/mol. The summed E-state index contributed by atoms with van der Waals surface area (Å²) in [6, 6.07) is 6.57. The number of nitrogens with two attached hydrogens (primary N) is 1. The van der Waals surface area contributed by atoms with Crippen LogP contribution in [0.15, 0.2) is 24.3 Å². The third-order valence-electron chi connectivity index (χ3n) is 2.38. The molecule has 9 heteroatoms. The topological polar surface area (TPSA) is 81.4 Å². The van der Waals surface area contributed by atoms with Crippen LogP contribution >= 0.6 is 12.2 Å². The number of halogens is 2. The van der Waals surface area contributed by atoms with Crippen molar-refractivity contribution in [2.45, 2.75) is 12.2 Å². The fraction of sp³-hybridized carbons (Fsp3) is 0.417. The number of thiocarbonyl (C=S) groups is 1. The molecule has 0 unspecified atom stereocenters. The number of ether oxygens (including phenoxy) is 1. The van der Waals surface area contributed by atoms with E-state index in [1.54, 1.807) is 24.3 Å². The number of hydrogen-bond donors (Lipinski definition) is 2. The van der Waals surface area contributed by atoms with Crippen LogP contribution in [0.1, 0.15) is 11.1 Å². The molecule has 0 aliphatic carbocycles. The number of benzene rings is 1. The van der Waals surface area contributed by atoms with Gasteiger partial charge in [-0.25, -0.2) is 21.9 Å². The first-order valence-electron chi connectivity index (χ1n) is 6.02. The molecule has 1 aromatic rings. The first-order valence-corrected chi connectivity index (χ1v) is 8.08. The second-order valence-electron chi connectivity index (χ2n) is 4.18. The lowest BCUT2D eigenvalue weighted by Crippen LogP contribution is -2.29. The summed E-state index contributed by atoms with van der Waals surface area (Å²) in [5.74, 6) is -0.252. The molecule has 0 aliphatic heterocycles. The molecule has 0 fully saturated rings. The van der Waals surface area contributed by atoms with Gasteiger partial charge >= 0.3 is 0 Å². The molecule has 0 spiro atoms. The van der Waals surface area contributed by atoms with Crippen molar-refractivity contribution < 1.29 is 21.9 Å². The summed E-state index contributed by atoms with van der Waals surface area (Å²) in [6.07, 6.45) is -2.57. The van der Waals surface area contributed by atoms with E-state index in [-0.39, 0.29) is 23.9 Å². The molecule has 0 radical (unpaired) electrons. The molecule has 0 heterocycles. The number of nitrogens with one attached hydrogen (secondary N) is 1. The highest BCUT2D eigenvalue weighted by Gasteiger charge is 2.12. The summed E-state index contributed by atoms with van der Waals surface area (Å²) in [4.78, 5) is 0.183. The van der Waals surface area contributed by atoms with Gasteiger partial charge in [0.1, 0.15) is 11.6 Å². The lowest BCUT2D eigenvalue weighted by atomic mass is 10.1. The van der Waals surface area contributed by atoms with Crippen molar-refractivity contribution in [3.63, 3.8) is 0 Å². The minimum atomic E-state index is -3.58. The minimum absolute atomic E-state index is 0.0654. The van der Waals surface area contributed by atoms with Gasteiger partial charge in [0, 0.05) is 12.1 Å². The maximum atomic E-state index is 11.8. The maximum absolute atomic E-state index is 11.8. The Morgan fingerprint density at radius 3 is 2.76 bits per heavy atom. The summed E-state index contributed by atoms with van der Waals surface area (Å²) >= 11 is 4.82. The van der Waals surface area contributed by atoms with Crippen LogP contribution in [-0.4, -0.2) is 39.6 Å². The van der Waals surface area contributed by atoms with E-state index in [0.717, 1.165) is 0 Å². The Kier molecular flexibility index (Phi) is 7.09. The van der Waals surface area contributed by atoms with Gasteiger partial charge in [-0.3, -0.25) is 0 Å². The van der Waals surface area contributed by atoms with Gasteiger partial charge in [0.05, 0.1) is 12.4 Å². The highest BCUT2D eigenvalue weighted by atomic mass is 32.2. The van der Waals surface area contributed by atoms with Crippen LogP contribution in [0.4, 0.5) is 8.78 Å². The zero-order valence-electron chi connectivity index (χ0n) is 11.1.